The van der Waals surface area contributed by atoms with Gasteiger partial charge in [0.1, 0.15) is 18.0 Å². The van der Waals surface area contributed by atoms with Crippen LogP contribution in [0, 0.1) is 11.7 Å². The Morgan fingerprint density at radius 1 is 1.43 bits per heavy atom. The molecule has 4 nitrogen and oxygen atoms in total. The summed E-state index contributed by atoms with van der Waals surface area (Å²) in [6.45, 7) is 4.93. The largest absolute Gasteiger partial charge is 0.298 e. The van der Waals surface area contributed by atoms with E-state index in [0.29, 0.717) is 17.5 Å². The predicted octanol–water partition coefficient (Wildman–Crippen LogP) is 2.98. The second kappa shape index (κ2) is 7.36. The average molecular weight is 307 g/mol. The summed E-state index contributed by atoms with van der Waals surface area (Å²) >= 11 is 1.34. The number of benzene rings is 1. The number of carbonyl (C=O) groups excluding carboxylic acids is 1. The number of rotatable bonds is 7. The van der Waals surface area contributed by atoms with E-state index >= 15 is 0 Å². The molecule has 0 radical (unpaired) electrons. The van der Waals surface area contributed by atoms with Gasteiger partial charge in [-0.05, 0) is 24.1 Å². The van der Waals surface area contributed by atoms with Crippen molar-refractivity contribution in [1.82, 2.24) is 14.8 Å². The summed E-state index contributed by atoms with van der Waals surface area (Å²) in [7, 11) is 0. The Morgan fingerprint density at radius 3 is 2.95 bits per heavy atom. The Kier molecular flexibility index (Phi) is 5.50. The van der Waals surface area contributed by atoms with E-state index in [1.807, 2.05) is 0 Å². The number of carbonyl (C=O) groups is 1. The molecule has 0 aliphatic heterocycles. The summed E-state index contributed by atoms with van der Waals surface area (Å²) in [5, 5.41) is 4.14. The van der Waals surface area contributed by atoms with Crippen molar-refractivity contribution in [1.29, 1.82) is 0 Å². The quantitative estimate of drug-likeness (QED) is 0.738. The summed E-state index contributed by atoms with van der Waals surface area (Å²) in [6, 6.07) is 6.25. The Labute approximate surface area is 127 Å². The topological polar surface area (TPSA) is 47.8 Å². The van der Waals surface area contributed by atoms with Crippen LogP contribution in [-0.2, 0) is 17.8 Å². The summed E-state index contributed by atoms with van der Waals surface area (Å²) in [5.41, 5.74) is 0. The summed E-state index contributed by atoms with van der Waals surface area (Å²) < 4.78 is 14.8. The molecule has 1 aromatic carbocycles. The third-order valence-corrected chi connectivity index (χ3v) is 3.84. The van der Waals surface area contributed by atoms with E-state index in [2.05, 4.69) is 23.9 Å². The Bertz CT molecular complexity index is 612. The third-order valence-electron chi connectivity index (χ3n) is 2.79. The van der Waals surface area contributed by atoms with Gasteiger partial charge in [0, 0.05) is 11.4 Å². The molecule has 0 spiro atoms. The first-order valence-electron chi connectivity index (χ1n) is 6.81. The molecule has 21 heavy (non-hydrogen) atoms. The molecule has 2 rings (SSSR count). The highest BCUT2D eigenvalue weighted by Gasteiger charge is 2.11. The van der Waals surface area contributed by atoms with Crippen LogP contribution in [0.1, 0.15) is 19.7 Å². The predicted molar refractivity (Wildman–Crippen MR) is 80.7 cm³/mol. The standard InChI is InChI=1S/C15H18FN3OS/c1-11(2)8-19-15(17-10-18-19)7-13(20)9-21-14-5-3-4-12(16)6-14/h3-6,10-11H,7-9H2,1-2H3. The van der Waals surface area contributed by atoms with E-state index < -0.39 is 0 Å². The van der Waals surface area contributed by atoms with Gasteiger partial charge in [-0.3, -0.25) is 4.79 Å². The van der Waals surface area contributed by atoms with Crippen LogP contribution in [0.4, 0.5) is 4.39 Å². The lowest BCUT2D eigenvalue weighted by Crippen LogP contribution is -2.15. The van der Waals surface area contributed by atoms with Crippen LogP contribution in [-0.4, -0.2) is 26.3 Å². The van der Waals surface area contributed by atoms with Gasteiger partial charge in [-0.2, -0.15) is 5.10 Å². The lowest BCUT2D eigenvalue weighted by molar-refractivity contribution is -0.116. The fourth-order valence-electron chi connectivity index (χ4n) is 1.87. The molecule has 0 aliphatic rings. The first-order chi connectivity index (χ1) is 10.0. The minimum absolute atomic E-state index is 0.0577. The maximum atomic E-state index is 13.1. The van der Waals surface area contributed by atoms with Gasteiger partial charge in [0.25, 0.3) is 0 Å². The van der Waals surface area contributed by atoms with Gasteiger partial charge in [-0.15, -0.1) is 11.8 Å². The number of Topliss-reactive ketones (excluding diaryl/α,β-unsaturated/α-hetero) is 1. The molecule has 2 aromatic rings. The maximum absolute atomic E-state index is 13.1. The van der Waals surface area contributed by atoms with Crippen LogP contribution in [0.15, 0.2) is 35.5 Å². The van der Waals surface area contributed by atoms with Crippen molar-refractivity contribution in [3.05, 3.63) is 42.2 Å². The molecule has 0 amide bonds. The van der Waals surface area contributed by atoms with Gasteiger partial charge in [0.05, 0.1) is 12.2 Å². The molecule has 112 valence electrons. The zero-order valence-corrected chi connectivity index (χ0v) is 12.9. The van der Waals surface area contributed by atoms with Crippen LogP contribution < -0.4 is 0 Å². The normalized spacial score (nSPS) is 11.0. The second-order valence-electron chi connectivity index (χ2n) is 5.21. The van der Waals surface area contributed by atoms with E-state index in [0.717, 1.165) is 11.4 Å². The molecule has 0 N–H and O–H groups in total. The number of hydrogen-bond donors (Lipinski definition) is 0. The highest BCUT2D eigenvalue weighted by atomic mass is 32.2. The molecule has 6 heteroatoms. The van der Waals surface area contributed by atoms with Crippen LogP contribution >= 0.6 is 11.8 Å². The third kappa shape index (κ3) is 4.97. The Morgan fingerprint density at radius 2 is 2.24 bits per heavy atom. The number of thioether (sulfide) groups is 1. The molecular weight excluding hydrogens is 289 g/mol. The van der Waals surface area contributed by atoms with Crippen molar-refractivity contribution in [2.75, 3.05) is 5.75 Å². The van der Waals surface area contributed by atoms with Crippen LogP contribution in [0.25, 0.3) is 0 Å². The van der Waals surface area contributed by atoms with E-state index in [9.17, 15) is 9.18 Å². The number of hydrogen-bond acceptors (Lipinski definition) is 4. The fraction of sp³-hybridized carbons (Fsp3) is 0.400. The highest BCUT2D eigenvalue weighted by Crippen LogP contribution is 2.19. The van der Waals surface area contributed by atoms with Crippen molar-refractivity contribution in [3.8, 4) is 0 Å². The van der Waals surface area contributed by atoms with Crippen LogP contribution in [0.2, 0.25) is 0 Å². The van der Waals surface area contributed by atoms with Gasteiger partial charge in [0.2, 0.25) is 0 Å². The minimum atomic E-state index is -0.288. The molecule has 0 bridgehead atoms. The van der Waals surface area contributed by atoms with Crippen molar-refractivity contribution in [3.63, 3.8) is 0 Å². The molecule has 0 saturated heterocycles. The molecule has 0 fully saturated rings. The number of ketones is 1. The van der Waals surface area contributed by atoms with Gasteiger partial charge >= 0.3 is 0 Å². The highest BCUT2D eigenvalue weighted by molar-refractivity contribution is 8.00. The Hall–Kier alpha value is -1.69. The van der Waals surface area contributed by atoms with E-state index in [1.54, 1.807) is 16.8 Å². The smallest absolute Gasteiger partial charge is 0.150 e. The second-order valence-corrected chi connectivity index (χ2v) is 6.26. The number of nitrogens with zero attached hydrogens (tertiary/aromatic N) is 3. The van der Waals surface area contributed by atoms with E-state index in [1.165, 1.54) is 30.2 Å². The van der Waals surface area contributed by atoms with Crippen LogP contribution in [0.5, 0.6) is 0 Å². The summed E-state index contributed by atoms with van der Waals surface area (Å²) in [4.78, 5) is 16.9. The summed E-state index contributed by atoms with van der Waals surface area (Å²) in [5.74, 6) is 1.21. The molecular formula is C15H18FN3OS. The zero-order valence-electron chi connectivity index (χ0n) is 12.1. The van der Waals surface area contributed by atoms with Crippen molar-refractivity contribution < 1.29 is 9.18 Å². The number of halogens is 1. The molecule has 0 saturated carbocycles. The lowest BCUT2D eigenvalue weighted by Gasteiger charge is -2.08. The molecule has 0 atom stereocenters. The first-order valence-corrected chi connectivity index (χ1v) is 7.80. The van der Waals surface area contributed by atoms with E-state index in [-0.39, 0.29) is 18.0 Å². The van der Waals surface area contributed by atoms with Gasteiger partial charge in [-0.1, -0.05) is 19.9 Å². The fourth-order valence-corrected chi connectivity index (χ4v) is 2.67. The monoisotopic (exact) mass is 307 g/mol. The Balaban J connectivity index is 1.89. The SMILES string of the molecule is CC(C)Cn1ncnc1CC(=O)CSc1cccc(F)c1. The van der Waals surface area contributed by atoms with Crippen molar-refractivity contribution >= 4 is 17.5 Å². The molecule has 1 heterocycles. The molecule has 0 aliphatic carbocycles. The van der Waals surface area contributed by atoms with Gasteiger partial charge in [0.15, 0.2) is 5.78 Å². The average Bonchev–Trinajstić information content (AvgIpc) is 2.83. The van der Waals surface area contributed by atoms with Crippen molar-refractivity contribution in [2.45, 2.75) is 31.7 Å². The number of aromatic nitrogens is 3. The zero-order chi connectivity index (χ0) is 15.2. The summed E-state index contributed by atoms with van der Waals surface area (Å²) in [6.07, 6.45) is 1.74. The van der Waals surface area contributed by atoms with Crippen LogP contribution in [0.3, 0.4) is 0 Å². The molecule has 1 aromatic heterocycles. The van der Waals surface area contributed by atoms with Gasteiger partial charge < -0.3 is 0 Å². The minimum Gasteiger partial charge on any atom is -0.298 e. The maximum Gasteiger partial charge on any atom is 0.150 e. The first kappa shape index (κ1) is 15.7. The van der Waals surface area contributed by atoms with E-state index in [4.69, 9.17) is 0 Å². The van der Waals surface area contributed by atoms with Gasteiger partial charge in [-0.25, -0.2) is 14.1 Å². The molecule has 0 unspecified atom stereocenters. The lowest BCUT2D eigenvalue weighted by atomic mass is 10.2. The van der Waals surface area contributed by atoms with Crippen molar-refractivity contribution in [2.24, 2.45) is 5.92 Å².